The zero-order valence-corrected chi connectivity index (χ0v) is 37.0. The predicted molar refractivity (Wildman–Crippen MR) is 239 cm³/mol. The van der Waals surface area contributed by atoms with Crippen molar-refractivity contribution in [2.75, 3.05) is 52.9 Å². The molecule has 3 aromatic rings. The van der Waals surface area contributed by atoms with E-state index < -0.39 is 11.9 Å². The first-order chi connectivity index (χ1) is 30.0. The summed E-state index contributed by atoms with van der Waals surface area (Å²) in [6, 6.07) is 14.4. The van der Waals surface area contributed by atoms with E-state index in [-0.39, 0.29) is 69.8 Å². The number of unbranched alkanes of at least 4 members (excludes halogenated alkanes) is 1. The number of carbonyl (C=O) groups is 2. The van der Waals surface area contributed by atoms with Gasteiger partial charge in [0.15, 0.2) is 23.0 Å². The van der Waals surface area contributed by atoms with E-state index in [9.17, 15) is 19.8 Å². The van der Waals surface area contributed by atoms with Crippen LogP contribution in [0.25, 0.3) is 22.3 Å². The van der Waals surface area contributed by atoms with E-state index >= 15 is 4.39 Å². The zero-order valence-electron chi connectivity index (χ0n) is 37.0. The molecule has 338 valence electrons. The number of ether oxygens (including phenoxy) is 6. The summed E-state index contributed by atoms with van der Waals surface area (Å²) < 4.78 is 51.5. The summed E-state index contributed by atoms with van der Waals surface area (Å²) in [5.74, 6) is 2.72. The highest BCUT2D eigenvalue weighted by atomic mass is 19.1. The number of esters is 2. The number of benzene rings is 3. The maximum absolute atomic E-state index is 16.5. The van der Waals surface area contributed by atoms with Crippen LogP contribution in [0.15, 0.2) is 72.8 Å². The molecule has 0 saturated heterocycles. The number of carbonyl (C=O) groups excluding carboxylic acids is 2. The molecule has 62 heavy (non-hydrogen) atoms. The van der Waals surface area contributed by atoms with Crippen LogP contribution in [0.1, 0.15) is 109 Å². The van der Waals surface area contributed by atoms with Crippen LogP contribution < -0.4 is 18.9 Å². The Hall–Kier alpha value is -4.87. The molecule has 2 N–H and O–H groups in total. The lowest BCUT2D eigenvalue weighted by Crippen LogP contribution is -2.25. The van der Waals surface area contributed by atoms with Gasteiger partial charge in [-0.2, -0.15) is 0 Å². The third-order valence-corrected chi connectivity index (χ3v) is 12.1. The molecule has 3 aromatic carbocycles. The number of halogens is 1. The van der Waals surface area contributed by atoms with Crippen molar-refractivity contribution in [1.29, 1.82) is 0 Å². The van der Waals surface area contributed by atoms with Crippen molar-refractivity contribution in [3.8, 4) is 45.3 Å². The fourth-order valence-electron chi connectivity index (χ4n) is 8.80. The van der Waals surface area contributed by atoms with Gasteiger partial charge in [0.1, 0.15) is 38.9 Å². The number of hydrogen-bond acceptors (Lipinski definition) is 10. The average molecular weight is 859 g/mol. The lowest BCUT2D eigenvalue weighted by Gasteiger charge is -2.38. The Morgan fingerprint density at radius 2 is 1.24 bits per heavy atom. The summed E-state index contributed by atoms with van der Waals surface area (Å²) >= 11 is 0. The first kappa shape index (κ1) is 48.2. The van der Waals surface area contributed by atoms with Gasteiger partial charge in [0.25, 0.3) is 0 Å². The van der Waals surface area contributed by atoms with E-state index in [2.05, 4.69) is 26.1 Å². The van der Waals surface area contributed by atoms with E-state index in [0.717, 1.165) is 36.2 Å². The summed E-state index contributed by atoms with van der Waals surface area (Å²) in [7, 11) is 0. The van der Waals surface area contributed by atoms with Gasteiger partial charge >= 0.3 is 11.9 Å². The molecule has 0 aliphatic heterocycles. The van der Waals surface area contributed by atoms with Gasteiger partial charge in [-0.3, -0.25) is 0 Å². The van der Waals surface area contributed by atoms with E-state index in [1.165, 1.54) is 51.4 Å². The third kappa shape index (κ3) is 13.8. The normalized spacial score (nSPS) is 18.7. The van der Waals surface area contributed by atoms with Crippen LogP contribution in [0, 0.1) is 23.6 Å². The molecule has 0 unspecified atom stereocenters. The molecule has 0 spiro atoms. The van der Waals surface area contributed by atoms with Crippen LogP contribution in [0.4, 0.5) is 4.39 Å². The highest BCUT2D eigenvalue weighted by Crippen LogP contribution is 2.47. The molecule has 0 heterocycles. The lowest BCUT2D eigenvalue weighted by molar-refractivity contribution is -0.140. The van der Waals surface area contributed by atoms with Gasteiger partial charge in [0.05, 0.1) is 13.2 Å². The molecule has 0 amide bonds. The minimum Gasteiger partial charge on any atom is -0.489 e. The van der Waals surface area contributed by atoms with E-state index in [4.69, 9.17) is 28.4 Å². The Morgan fingerprint density at radius 3 is 1.84 bits per heavy atom. The molecule has 11 heteroatoms. The Labute approximate surface area is 367 Å². The quantitative estimate of drug-likeness (QED) is 0.0510. The highest BCUT2D eigenvalue weighted by molar-refractivity contribution is 5.87. The molecule has 0 bridgehead atoms. The van der Waals surface area contributed by atoms with Gasteiger partial charge in [-0.1, -0.05) is 64.0 Å². The molecule has 10 nitrogen and oxygen atoms in total. The SMILES string of the molecule is C=C(C)C(=O)OCCOc1ccc(-c2cc(-c3ccc(C4CCC(C5CCC(CCC)CC5)CC4)cc3F)cc(OCCOC(=O)C(=C)C)c2OCCCCO)cc1OCCO. The monoisotopic (exact) mass is 858 g/mol. The molecule has 2 aliphatic rings. The molecular formula is C51H67FO10. The molecule has 0 aromatic heterocycles. The first-order valence-corrected chi connectivity index (χ1v) is 22.5. The second-order valence-corrected chi connectivity index (χ2v) is 16.8. The van der Waals surface area contributed by atoms with E-state index in [1.807, 2.05) is 12.1 Å². The molecule has 2 saturated carbocycles. The lowest BCUT2D eigenvalue weighted by atomic mass is 9.68. The molecule has 2 fully saturated rings. The predicted octanol–water partition coefficient (Wildman–Crippen LogP) is 10.6. The van der Waals surface area contributed by atoms with Crippen LogP contribution in [0.5, 0.6) is 23.0 Å². The molecular weight excluding hydrogens is 792 g/mol. The summed E-state index contributed by atoms with van der Waals surface area (Å²) in [5, 5.41) is 19.1. The van der Waals surface area contributed by atoms with E-state index in [1.54, 1.807) is 44.2 Å². The van der Waals surface area contributed by atoms with Crippen molar-refractivity contribution >= 4 is 11.9 Å². The molecule has 5 rings (SSSR count). The largest absolute Gasteiger partial charge is 0.489 e. The van der Waals surface area contributed by atoms with E-state index in [0.29, 0.717) is 64.0 Å². The molecule has 0 radical (unpaired) electrons. The van der Waals surface area contributed by atoms with Gasteiger partial charge in [0.2, 0.25) is 0 Å². The van der Waals surface area contributed by atoms with Crippen LogP contribution >= 0.6 is 0 Å². The van der Waals surface area contributed by atoms with Crippen molar-refractivity contribution in [1.82, 2.24) is 0 Å². The van der Waals surface area contributed by atoms with Gasteiger partial charge in [0, 0.05) is 28.9 Å². The minimum absolute atomic E-state index is 0.00273. The fourth-order valence-corrected chi connectivity index (χ4v) is 8.80. The van der Waals surface area contributed by atoms with Crippen molar-refractivity contribution in [2.45, 2.75) is 104 Å². The van der Waals surface area contributed by atoms with Gasteiger partial charge in [-0.05, 0) is 136 Å². The molecule has 0 atom stereocenters. The second-order valence-electron chi connectivity index (χ2n) is 16.8. The molecule has 2 aliphatic carbocycles. The summed E-state index contributed by atoms with van der Waals surface area (Å²) in [4.78, 5) is 24.0. The third-order valence-electron chi connectivity index (χ3n) is 12.1. The smallest absolute Gasteiger partial charge is 0.333 e. The van der Waals surface area contributed by atoms with Crippen LogP contribution in [0.3, 0.4) is 0 Å². The maximum atomic E-state index is 16.5. The van der Waals surface area contributed by atoms with Crippen LogP contribution in [-0.4, -0.2) is 75.0 Å². The standard InChI is InChI=1S/C51H67FO10/c1-6-9-36-10-12-37(13-11-36)38-14-16-39(17-15-38)40-18-20-43(45(52)31-40)42-30-44(49(60-24-8-7-22-53)48(33-42)59-27-29-62-51(56)35(4)5)41-19-21-46(47(32-41)57-25-23-54)58-26-28-61-50(55)34(2)3/h18-21,30-33,36-39,53-54H,2,4,6-17,22-29H2,1,3,5H3. The van der Waals surface area contributed by atoms with Crippen molar-refractivity contribution in [2.24, 2.45) is 17.8 Å². The first-order valence-electron chi connectivity index (χ1n) is 22.5. The Kier molecular flexibility index (Phi) is 19.2. The van der Waals surface area contributed by atoms with Crippen LogP contribution in [-0.2, 0) is 19.1 Å². The van der Waals surface area contributed by atoms with Crippen molar-refractivity contribution in [3.63, 3.8) is 0 Å². The Bertz CT molecular complexity index is 1940. The maximum Gasteiger partial charge on any atom is 0.333 e. The number of aliphatic hydroxyl groups is 2. The number of hydrogen-bond donors (Lipinski definition) is 2. The Morgan fingerprint density at radius 1 is 0.629 bits per heavy atom. The Balaban J connectivity index is 1.46. The van der Waals surface area contributed by atoms with Crippen molar-refractivity contribution < 1.29 is 52.6 Å². The highest BCUT2D eigenvalue weighted by Gasteiger charge is 2.31. The zero-order chi connectivity index (χ0) is 44.4. The topological polar surface area (TPSA) is 130 Å². The van der Waals surface area contributed by atoms with Gasteiger partial charge in [-0.25, -0.2) is 14.0 Å². The minimum atomic E-state index is -0.541. The van der Waals surface area contributed by atoms with Crippen molar-refractivity contribution in [3.05, 3.63) is 84.2 Å². The van der Waals surface area contributed by atoms with Gasteiger partial charge in [-0.15, -0.1) is 0 Å². The second kappa shape index (κ2) is 24.7. The van der Waals surface area contributed by atoms with Gasteiger partial charge < -0.3 is 38.6 Å². The average Bonchev–Trinajstić information content (AvgIpc) is 3.27. The number of aliphatic hydroxyl groups excluding tert-OH is 2. The summed E-state index contributed by atoms with van der Waals surface area (Å²) in [6.45, 7) is 12.6. The fraction of sp³-hybridized carbons (Fsp3) is 0.529. The summed E-state index contributed by atoms with van der Waals surface area (Å²) in [5.41, 5.74) is 3.66. The number of rotatable bonds is 24. The summed E-state index contributed by atoms with van der Waals surface area (Å²) in [6.07, 6.45) is 13.7. The van der Waals surface area contributed by atoms with Crippen LogP contribution in [0.2, 0.25) is 0 Å².